The molecule has 0 aliphatic carbocycles. The number of nitrogens with zero attached hydrogens (tertiary/aromatic N) is 1. The van der Waals surface area contributed by atoms with Gasteiger partial charge in [0, 0.05) is 29.9 Å². The van der Waals surface area contributed by atoms with Crippen LogP contribution in [0.1, 0.15) is 76.3 Å². The van der Waals surface area contributed by atoms with Crippen LogP contribution in [0.15, 0.2) is 103 Å². The summed E-state index contributed by atoms with van der Waals surface area (Å²) < 4.78 is 10.8. The number of hydrogen-bond acceptors (Lipinski definition) is 5. The van der Waals surface area contributed by atoms with E-state index in [0.29, 0.717) is 38.9 Å². The largest absolute Gasteiger partial charge is 0.466 e. The van der Waals surface area contributed by atoms with Gasteiger partial charge in [0.15, 0.2) is 0 Å². The molecule has 0 fully saturated rings. The van der Waals surface area contributed by atoms with Crippen LogP contribution in [0.3, 0.4) is 0 Å². The van der Waals surface area contributed by atoms with E-state index in [1.54, 1.807) is 0 Å². The normalized spacial score (nSPS) is 10.8. The maximum Gasteiger partial charge on any atom is 0.306 e. The molecule has 0 spiro atoms. The minimum Gasteiger partial charge on any atom is -0.466 e. The molecule has 0 unspecified atom stereocenters. The van der Waals surface area contributed by atoms with E-state index in [-0.39, 0.29) is 11.9 Å². The van der Waals surface area contributed by atoms with E-state index in [1.807, 2.05) is 6.07 Å². The van der Waals surface area contributed by atoms with Gasteiger partial charge in [0.05, 0.1) is 13.2 Å². The highest BCUT2D eigenvalue weighted by atomic mass is 16.5. The Morgan fingerprint density at radius 2 is 0.911 bits per heavy atom. The number of anilines is 3. The molecule has 0 N–H and O–H groups in total. The number of aryl methyl sites for hydroxylation is 2. The topological polar surface area (TPSA) is 55.8 Å². The van der Waals surface area contributed by atoms with Crippen LogP contribution in [-0.2, 0) is 31.9 Å². The smallest absolute Gasteiger partial charge is 0.306 e. The predicted molar refractivity (Wildman–Crippen MR) is 184 cm³/mol. The van der Waals surface area contributed by atoms with Gasteiger partial charge >= 0.3 is 11.9 Å². The van der Waals surface area contributed by atoms with Gasteiger partial charge < -0.3 is 14.4 Å². The van der Waals surface area contributed by atoms with Crippen LogP contribution in [0.5, 0.6) is 0 Å². The van der Waals surface area contributed by atoms with Crippen molar-refractivity contribution >= 4 is 29.0 Å². The molecule has 4 aromatic rings. The molecule has 0 heterocycles. The van der Waals surface area contributed by atoms with Crippen LogP contribution in [-0.4, -0.2) is 25.2 Å². The van der Waals surface area contributed by atoms with Crippen LogP contribution >= 0.6 is 0 Å². The second-order valence-electron chi connectivity index (χ2n) is 11.4. The molecule has 0 saturated carbocycles. The molecule has 5 nitrogen and oxygen atoms in total. The van der Waals surface area contributed by atoms with Gasteiger partial charge in [-0.15, -0.1) is 0 Å². The number of carbonyl (C=O) groups is 2. The van der Waals surface area contributed by atoms with Crippen molar-refractivity contribution in [3.05, 3.63) is 114 Å². The van der Waals surface area contributed by atoms with Crippen LogP contribution in [0.25, 0.3) is 11.1 Å². The van der Waals surface area contributed by atoms with Crippen LogP contribution < -0.4 is 4.90 Å². The van der Waals surface area contributed by atoms with Crippen molar-refractivity contribution in [1.29, 1.82) is 0 Å². The molecule has 0 saturated heterocycles. The van der Waals surface area contributed by atoms with Crippen molar-refractivity contribution in [3.8, 4) is 11.1 Å². The fourth-order valence-electron chi connectivity index (χ4n) is 5.22. The third-order valence-electron chi connectivity index (χ3n) is 7.88. The average Bonchev–Trinajstić information content (AvgIpc) is 3.09. The summed E-state index contributed by atoms with van der Waals surface area (Å²) in [6, 6.07) is 35.7. The number of carbonyl (C=O) groups excluding carboxylic acids is 2. The molecule has 0 aliphatic rings. The number of rotatable bonds is 18. The first-order chi connectivity index (χ1) is 22.1. The first kappa shape index (κ1) is 33.5. The van der Waals surface area contributed by atoms with Crippen LogP contribution in [0.4, 0.5) is 17.1 Å². The van der Waals surface area contributed by atoms with Gasteiger partial charge in [0.1, 0.15) is 0 Å². The van der Waals surface area contributed by atoms with Gasteiger partial charge in [-0.05, 0) is 84.3 Å². The Bertz CT molecular complexity index is 1360. The van der Waals surface area contributed by atoms with Crippen molar-refractivity contribution in [1.82, 2.24) is 0 Å². The molecule has 0 radical (unpaired) electrons. The van der Waals surface area contributed by atoms with Crippen molar-refractivity contribution in [2.45, 2.75) is 78.1 Å². The molecule has 0 aromatic heterocycles. The van der Waals surface area contributed by atoms with E-state index >= 15 is 0 Å². The number of esters is 2. The lowest BCUT2D eigenvalue weighted by Gasteiger charge is -2.26. The number of unbranched alkanes of at least 4 members (excludes halogenated alkanes) is 4. The first-order valence-electron chi connectivity index (χ1n) is 16.5. The highest BCUT2D eigenvalue weighted by Gasteiger charge is 2.14. The number of ether oxygens (including phenoxy) is 2. The third-order valence-corrected chi connectivity index (χ3v) is 7.88. The fourth-order valence-corrected chi connectivity index (χ4v) is 5.22. The molecule has 0 atom stereocenters. The van der Waals surface area contributed by atoms with Gasteiger partial charge in [0.25, 0.3) is 0 Å². The van der Waals surface area contributed by atoms with Crippen molar-refractivity contribution in [3.63, 3.8) is 0 Å². The first-order valence-corrected chi connectivity index (χ1v) is 16.5. The highest BCUT2D eigenvalue weighted by molar-refractivity contribution is 5.78. The monoisotopic (exact) mass is 605 g/mol. The van der Waals surface area contributed by atoms with Gasteiger partial charge in [-0.2, -0.15) is 0 Å². The molecule has 0 bridgehead atoms. The van der Waals surface area contributed by atoms with E-state index in [0.717, 1.165) is 72.3 Å². The molecule has 236 valence electrons. The van der Waals surface area contributed by atoms with E-state index < -0.39 is 0 Å². The molecule has 4 rings (SSSR count). The van der Waals surface area contributed by atoms with Crippen molar-refractivity contribution in [2.24, 2.45) is 0 Å². The molecular formula is C40H47NO4. The van der Waals surface area contributed by atoms with Crippen molar-refractivity contribution in [2.75, 3.05) is 18.1 Å². The van der Waals surface area contributed by atoms with E-state index in [1.165, 1.54) is 5.56 Å². The van der Waals surface area contributed by atoms with E-state index in [2.05, 4.69) is 116 Å². The number of benzene rings is 4. The lowest BCUT2D eigenvalue weighted by molar-refractivity contribution is -0.144. The Labute approximate surface area is 269 Å². The Kier molecular flexibility index (Phi) is 13.7. The summed E-state index contributed by atoms with van der Waals surface area (Å²) >= 11 is 0. The number of hydrogen-bond donors (Lipinski definition) is 0. The summed E-state index contributed by atoms with van der Waals surface area (Å²) in [5, 5.41) is 0. The standard InChI is InChI=1S/C40H47NO4/c1-3-5-10-30-44-39(42)28-18-32-14-22-36(23-15-32)41(38-26-20-35(21-27-38)34-12-8-7-9-13-34)37-24-16-33(17-25-37)19-29-40(43)45-31-11-6-4-2/h7-9,12-17,20-27H,3-6,10-11,18-19,28-31H2,1-2H3. The minimum absolute atomic E-state index is 0.139. The Hall–Kier alpha value is -4.38. The Morgan fingerprint density at radius 1 is 0.511 bits per heavy atom. The summed E-state index contributed by atoms with van der Waals surface area (Å²) in [5.74, 6) is -0.277. The van der Waals surface area contributed by atoms with Crippen LogP contribution in [0, 0.1) is 0 Å². The van der Waals surface area contributed by atoms with E-state index in [4.69, 9.17) is 9.47 Å². The van der Waals surface area contributed by atoms with Gasteiger partial charge in [-0.25, -0.2) is 0 Å². The summed E-state index contributed by atoms with van der Waals surface area (Å²) in [6.07, 6.45) is 8.28. The third kappa shape index (κ3) is 10.9. The van der Waals surface area contributed by atoms with Gasteiger partial charge in [-0.1, -0.05) is 106 Å². The lowest BCUT2D eigenvalue weighted by Crippen LogP contribution is -2.11. The predicted octanol–water partition coefficient (Wildman–Crippen LogP) is 10.2. The molecule has 5 heteroatoms. The summed E-state index contributed by atoms with van der Waals surface area (Å²) in [4.78, 5) is 26.6. The highest BCUT2D eigenvalue weighted by Crippen LogP contribution is 2.36. The second kappa shape index (κ2) is 18.4. The quantitative estimate of drug-likeness (QED) is 0.0834. The van der Waals surface area contributed by atoms with Crippen molar-refractivity contribution < 1.29 is 19.1 Å². The summed E-state index contributed by atoms with van der Waals surface area (Å²) in [6.45, 7) is 5.29. The molecule has 0 aliphatic heterocycles. The summed E-state index contributed by atoms with van der Waals surface area (Å²) in [5.41, 5.74) is 7.63. The maximum atomic E-state index is 12.2. The molecule has 45 heavy (non-hydrogen) atoms. The molecule has 0 amide bonds. The zero-order chi connectivity index (χ0) is 31.7. The van der Waals surface area contributed by atoms with Gasteiger partial charge in [0.2, 0.25) is 0 Å². The average molecular weight is 606 g/mol. The van der Waals surface area contributed by atoms with E-state index in [9.17, 15) is 9.59 Å². The molecule has 4 aromatic carbocycles. The van der Waals surface area contributed by atoms with Gasteiger partial charge in [-0.3, -0.25) is 9.59 Å². The fraction of sp³-hybridized carbons (Fsp3) is 0.350. The Morgan fingerprint density at radius 3 is 1.33 bits per heavy atom. The summed E-state index contributed by atoms with van der Waals surface area (Å²) in [7, 11) is 0. The maximum absolute atomic E-state index is 12.2. The minimum atomic E-state index is -0.139. The van der Waals surface area contributed by atoms with Crippen LogP contribution in [0.2, 0.25) is 0 Å². The zero-order valence-electron chi connectivity index (χ0n) is 26.9. The Balaban J connectivity index is 1.47. The zero-order valence-corrected chi connectivity index (χ0v) is 26.9. The lowest BCUT2D eigenvalue weighted by atomic mass is 10.0. The second-order valence-corrected chi connectivity index (χ2v) is 11.4. The SMILES string of the molecule is CCCCCOC(=O)CCc1ccc(N(c2ccc(CCC(=O)OCCCCC)cc2)c2ccc(-c3ccccc3)cc2)cc1. The molecular weight excluding hydrogens is 558 g/mol.